The van der Waals surface area contributed by atoms with E-state index in [0.29, 0.717) is 34.2 Å². The Kier molecular flexibility index (Phi) is 8.50. The van der Waals surface area contributed by atoms with E-state index < -0.39 is 23.7 Å². The number of aromatic nitrogens is 1. The maximum absolute atomic E-state index is 13.5. The molecule has 39 heavy (non-hydrogen) atoms. The van der Waals surface area contributed by atoms with Crippen LogP contribution in [0, 0.1) is 6.92 Å². The molecule has 0 spiro atoms. The van der Waals surface area contributed by atoms with E-state index in [1.807, 2.05) is 18.4 Å². The smallest absolute Gasteiger partial charge is 0.408 e. The molecule has 9 heteroatoms. The molecular formula is C30H32N2O6S. The van der Waals surface area contributed by atoms with Crippen LogP contribution in [0.25, 0.3) is 22.2 Å². The predicted molar refractivity (Wildman–Crippen MR) is 151 cm³/mol. The second-order valence-electron chi connectivity index (χ2n) is 10.2. The molecule has 1 atom stereocenters. The molecule has 0 fully saturated rings. The average molecular weight is 549 g/mol. The van der Waals surface area contributed by atoms with Gasteiger partial charge in [-0.15, -0.1) is 11.3 Å². The minimum atomic E-state index is -1.11. The third-order valence-corrected chi connectivity index (χ3v) is 6.66. The highest BCUT2D eigenvalue weighted by Crippen LogP contribution is 2.30. The minimum absolute atomic E-state index is 0.203. The Morgan fingerprint density at radius 3 is 2.54 bits per heavy atom. The van der Waals surface area contributed by atoms with E-state index in [1.54, 1.807) is 57.2 Å². The summed E-state index contributed by atoms with van der Waals surface area (Å²) in [5.74, 6) is -0.422. The zero-order chi connectivity index (χ0) is 28.2. The number of carbonyl (C=O) groups excluding carboxylic acids is 2. The van der Waals surface area contributed by atoms with Gasteiger partial charge in [-0.3, -0.25) is 4.79 Å². The molecule has 1 N–H and O–H groups in total. The molecule has 0 aliphatic heterocycles. The first-order chi connectivity index (χ1) is 18.6. The van der Waals surface area contributed by atoms with E-state index in [9.17, 15) is 14.4 Å². The molecule has 8 nitrogen and oxygen atoms in total. The lowest BCUT2D eigenvalue weighted by atomic mass is 10.0. The van der Waals surface area contributed by atoms with Crippen LogP contribution in [0.5, 0.6) is 5.75 Å². The molecule has 204 valence electrons. The molecule has 0 saturated heterocycles. The molecule has 0 saturated carbocycles. The average Bonchev–Trinajstić information content (AvgIpc) is 3.31. The number of thiazole rings is 1. The molecule has 0 aliphatic rings. The summed E-state index contributed by atoms with van der Waals surface area (Å²) in [5, 5.41) is 5.69. The molecule has 1 unspecified atom stereocenters. The summed E-state index contributed by atoms with van der Waals surface area (Å²) in [6.45, 7) is 9.16. The summed E-state index contributed by atoms with van der Waals surface area (Å²) < 4.78 is 17.1. The highest BCUT2D eigenvalue weighted by molar-refractivity contribution is 7.09. The normalized spacial score (nSPS) is 12.2. The number of rotatable bonds is 8. The Balaban J connectivity index is 1.71. The van der Waals surface area contributed by atoms with Gasteiger partial charge in [-0.05, 0) is 57.7 Å². The molecule has 4 aromatic rings. The van der Waals surface area contributed by atoms with Crippen LogP contribution in [0.4, 0.5) is 4.79 Å². The fraction of sp³-hybridized carbons (Fsp3) is 0.333. The van der Waals surface area contributed by atoms with Gasteiger partial charge in [0, 0.05) is 11.4 Å². The quantitative estimate of drug-likeness (QED) is 0.192. The van der Waals surface area contributed by atoms with Crippen molar-refractivity contribution in [2.45, 2.75) is 65.5 Å². The van der Waals surface area contributed by atoms with Crippen molar-refractivity contribution in [3.05, 3.63) is 80.5 Å². The van der Waals surface area contributed by atoms with Gasteiger partial charge in [-0.1, -0.05) is 43.7 Å². The summed E-state index contributed by atoms with van der Waals surface area (Å²) in [6, 6.07) is 11.0. The van der Waals surface area contributed by atoms with Crippen molar-refractivity contribution in [3.63, 3.8) is 0 Å². The molecule has 2 heterocycles. The van der Waals surface area contributed by atoms with Gasteiger partial charge in [0.2, 0.25) is 5.43 Å². The Morgan fingerprint density at radius 1 is 1.15 bits per heavy atom. The van der Waals surface area contributed by atoms with Gasteiger partial charge in [-0.2, -0.15) is 0 Å². The lowest BCUT2D eigenvalue weighted by Crippen LogP contribution is -2.39. The van der Waals surface area contributed by atoms with Crippen molar-refractivity contribution in [2.24, 2.45) is 0 Å². The topological polar surface area (TPSA) is 108 Å². The minimum Gasteiger partial charge on any atom is -0.463 e. The second kappa shape index (κ2) is 11.8. The van der Waals surface area contributed by atoms with Gasteiger partial charge < -0.3 is 19.2 Å². The van der Waals surface area contributed by atoms with Crippen molar-refractivity contribution in [1.29, 1.82) is 0 Å². The van der Waals surface area contributed by atoms with Gasteiger partial charge in [0.1, 0.15) is 23.2 Å². The molecule has 2 aromatic carbocycles. The monoisotopic (exact) mass is 548 g/mol. The number of hydrogen-bond acceptors (Lipinski definition) is 8. The number of nitrogens with zero attached hydrogens (tertiary/aromatic N) is 1. The van der Waals surface area contributed by atoms with Crippen molar-refractivity contribution in [1.82, 2.24) is 10.3 Å². The van der Waals surface area contributed by atoms with Gasteiger partial charge >= 0.3 is 12.1 Å². The zero-order valence-corrected chi connectivity index (χ0v) is 23.5. The second-order valence-corrected chi connectivity index (χ2v) is 11.3. The number of amides is 1. The van der Waals surface area contributed by atoms with Crippen LogP contribution in [0.15, 0.2) is 63.3 Å². The van der Waals surface area contributed by atoms with Gasteiger partial charge in [0.05, 0.1) is 21.7 Å². The number of benzene rings is 2. The number of ether oxygens (including phenoxy) is 2. The zero-order valence-electron chi connectivity index (χ0n) is 22.7. The maximum atomic E-state index is 13.5. The maximum Gasteiger partial charge on any atom is 0.408 e. The van der Waals surface area contributed by atoms with Gasteiger partial charge in [-0.25, -0.2) is 14.6 Å². The number of fused-ring (bicyclic) bond motifs is 1. The Labute approximate surface area is 231 Å². The van der Waals surface area contributed by atoms with E-state index in [2.05, 4.69) is 17.2 Å². The third-order valence-electron chi connectivity index (χ3n) is 5.89. The highest BCUT2D eigenvalue weighted by atomic mass is 32.1. The summed E-state index contributed by atoms with van der Waals surface area (Å²) in [4.78, 5) is 43.8. The number of carbonyl (C=O) groups is 2. The van der Waals surface area contributed by atoms with Crippen molar-refractivity contribution in [3.8, 4) is 17.0 Å². The summed E-state index contributed by atoms with van der Waals surface area (Å²) in [7, 11) is 0. The molecule has 0 aliphatic carbocycles. The Morgan fingerprint density at radius 2 is 1.90 bits per heavy atom. The van der Waals surface area contributed by atoms with Gasteiger partial charge in [0.25, 0.3) is 0 Å². The molecule has 1 amide bonds. The predicted octanol–water partition coefficient (Wildman–Crippen LogP) is 6.74. The number of unbranched alkanes of at least 4 members (excludes halogenated alkanes) is 1. The number of nitrogens with one attached hydrogen (secondary N) is 1. The van der Waals surface area contributed by atoms with Crippen LogP contribution in [0.2, 0.25) is 0 Å². The van der Waals surface area contributed by atoms with Crippen LogP contribution in [0.3, 0.4) is 0 Å². The number of aryl methyl sites for hydroxylation is 2. The van der Waals surface area contributed by atoms with E-state index in [0.717, 1.165) is 17.8 Å². The van der Waals surface area contributed by atoms with Crippen molar-refractivity contribution in [2.75, 3.05) is 0 Å². The van der Waals surface area contributed by atoms with E-state index in [1.165, 1.54) is 17.6 Å². The van der Waals surface area contributed by atoms with Crippen LogP contribution in [0.1, 0.15) is 62.7 Å². The molecule has 0 bridgehead atoms. The third kappa shape index (κ3) is 6.92. The Hall–Kier alpha value is -3.98. The van der Waals surface area contributed by atoms with Crippen molar-refractivity contribution >= 4 is 34.4 Å². The fourth-order valence-corrected chi connectivity index (χ4v) is 4.65. The summed E-state index contributed by atoms with van der Waals surface area (Å²) in [6.07, 6.45) is 2.96. The number of hydrogen-bond donors (Lipinski definition) is 1. The largest absolute Gasteiger partial charge is 0.463 e. The lowest BCUT2D eigenvalue weighted by Gasteiger charge is -2.23. The molecule has 2 aromatic heterocycles. The van der Waals surface area contributed by atoms with Gasteiger partial charge in [0.15, 0.2) is 6.04 Å². The first-order valence-corrected chi connectivity index (χ1v) is 13.7. The fourth-order valence-electron chi connectivity index (χ4n) is 4.04. The van der Waals surface area contributed by atoms with E-state index in [4.69, 9.17) is 13.9 Å². The van der Waals surface area contributed by atoms with Crippen LogP contribution < -0.4 is 15.5 Å². The van der Waals surface area contributed by atoms with E-state index >= 15 is 0 Å². The number of alkyl carbamates (subject to hydrolysis) is 1. The molecular weight excluding hydrogens is 516 g/mol. The SMILES string of the molecule is CCCCc1cc2c(=O)c(-c3csc(C)n3)coc2cc1OC(=O)C(NC(=O)OC(C)(C)C)c1ccccc1. The molecule has 0 radical (unpaired) electrons. The summed E-state index contributed by atoms with van der Waals surface area (Å²) in [5.41, 5.74) is 1.52. The van der Waals surface area contributed by atoms with Crippen molar-refractivity contribution < 1.29 is 23.5 Å². The standard InChI is InChI=1S/C30H32N2O6S/c1-6-7-11-20-14-21-25(36-16-22(27(21)33)23-17-39-18(2)31-23)15-24(20)37-28(34)26(19-12-9-8-10-13-19)32-29(35)38-30(3,4)5/h8-10,12-17,26H,6-7,11H2,1-5H3,(H,32,35). The Bertz CT molecular complexity index is 1530. The lowest BCUT2D eigenvalue weighted by molar-refractivity contribution is -0.137. The first kappa shape index (κ1) is 28.0. The van der Waals surface area contributed by atoms with Crippen LogP contribution in [-0.2, 0) is 16.0 Å². The van der Waals surface area contributed by atoms with Crippen LogP contribution >= 0.6 is 11.3 Å². The first-order valence-electron chi connectivity index (χ1n) is 12.8. The van der Waals surface area contributed by atoms with E-state index in [-0.39, 0.29) is 16.8 Å². The number of esters is 1. The molecule has 4 rings (SSSR count). The highest BCUT2D eigenvalue weighted by Gasteiger charge is 2.28. The van der Waals surface area contributed by atoms with Crippen LogP contribution in [-0.4, -0.2) is 22.6 Å². The summed E-state index contributed by atoms with van der Waals surface area (Å²) >= 11 is 1.46.